The normalized spacial score (nSPS) is 16.3. The monoisotopic (exact) mass is 411 g/mol. The van der Waals surface area contributed by atoms with E-state index in [0.29, 0.717) is 18.4 Å². The molecule has 0 aliphatic heterocycles. The number of carbonyl (C=O) groups excluding carboxylic acids is 1. The van der Waals surface area contributed by atoms with Gasteiger partial charge in [0.25, 0.3) is 0 Å². The highest BCUT2D eigenvalue weighted by Gasteiger charge is 2.39. The molecule has 164 valence electrons. The molecule has 0 aliphatic rings. The predicted molar refractivity (Wildman–Crippen MR) is 127 cm³/mol. The lowest BCUT2D eigenvalue weighted by molar-refractivity contribution is -0.124. The van der Waals surface area contributed by atoms with E-state index < -0.39 is 11.6 Å². The number of carbonyl (C=O) groups is 1. The number of allylic oxidation sites excluding steroid dienone is 6. The Balaban J connectivity index is 3.21. The van der Waals surface area contributed by atoms with Gasteiger partial charge in [0.2, 0.25) is 0 Å². The number of para-hydroxylation sites is 1. The van der Waals surface area contributed by atoms with Gasteiger partial charge in [-0.15, -0.1) is 0 Å². The van der Waals surface area contributed by atoms with Crippen molar-refractivity contribution >= 4 is 11.5 Å². The second-order valence-corrected chi connectivity index (χ2v) is 7.91. The zero-order valence-electron chi connectivity index (χ0n) is 18.5. The second-order valence-electron chi connectivity index (χ2n) is 7.91. The first-order valence-corrected chi connectivity index (χ1v) is 10.4. The summed E-state index contributed by atoms with van der Waals surface area (Å²) in [5, 5.41) is 12.5. The summed E-state index contributed by atoms with van der Waals surface area (Å²) in [7, 11) is 0. The Morgan fingerprint density at radius 1 is 1.30 bits per heavy atom. The van der Waals surface area contributed by atoms with Crippen LogP contribution in [0.4, 0.5) is 5.69 Å². The van der Waals surface area contributed by atoms with Crippen molar-refractivity contribution in [2.75, 3.05) is 18.5 Å². The fraction of sp³-hybridized carbons (Fsp3) is 0.400. The molecule has 1 unspecified atom stereocenters. The molecule has 30 heavy (non-hydrogen) atoms. The van der Waals surface area contributed by atoms with E-state index in [1.807, 2.05) is 50.3 Å². The number of benzene rings is 1. The molecule has 6 N–H and O–H groups in total. The summed E-state index contributed by atoms with van der Waals surface area (Å²) in [4.78, 5) is 13.6. The van der Waals surface area contributed by atoms with Crippen LogP contribution in [0.15, 0.2) is 78.4 Å². The highest BCUT2D eigenvalue weighted by Crippen LogP contribution is 2.28. The highest BCUT2D eigenvalue weighted by molar-refractivity contribution is 6.03. The van der Waals surface area contributed by atoms with Crippen LogP contribution in [-0.4, -0.2) is 30.2 Å². The molecule has 0 amide bonds. The first-order valence-electron chi connectivity index (χ1n) is 10.4. The summed E-state index contributed by atoms with van der Waals surface area (Å²) in [5.41, 5.74) is 14.4. The summed E-state index contributed by atoms with van der Waals surface area (Å²) in [6.45, 7) is 13.8. The summed E-state index contributed by atoms with van der Waals surface area (Å²) >= 11 is 0. The molecule has 0 spiro atoms. The van der Waals surface area contributed by atoms with Gasteiger partial charge in [0.1, 0.15) is 0 Å². The molecule has 1 aromatic rings. The van der Waals surface area contributed by atoms with Crippen molar-refractivity contribution in [2.24, 2.45) is 22.8 Å². The third-order valence-corrected chi connectivity index (χ3v) is 5.26. The maximum absolute atomic E-state index is 13.6. The molecule has 5 nitrogen and oxygen atoms in total. The Labute approximate surface area is 181 Å². The largest absolute Gasteiger partial charge is 0.396 e. The van der Waals surface area contributed by atoms with Crippen LogP contribution in [0, 0.1) is 11.3 Å². The van der Waals surface area contributed by atoms with Crippen molar-refractivity contribution in [3.8, 4) is 0 Å². The Bertz CT molecular complexity index is 783. The minimum Gasteiger partial charge on any atom is -0.396 e. The van der Waals surface area contributed by atoms with Gasteiger partial charge in [-0.2, -0.15) is 0 Å². The Kier molecular flexibility index (Phi) is 10.5. The number of anilines is 1. The summed E-state index contributed by atoms with van der Waals surface area (Å²) < 4.78 is 0. The van der Waals surface area contributed by atoms with Crippen LogP contribution in [0.2, 0.25) is 0 Å². The van der Waals surface area contributed by atoms with E-state index >= 15 is 0 Å². The lowest BCUT2D eigenvalue weighted by Crippen LogP contribution is -2.54. The quantitative estimate of drug-likeness (QED) is 0.224. The first-order chi connectivity index (χ1) is 14.2. The minimum absolute atomic E-state index is 0.0747. The maximum atomic E-state index is 13.6. The maximum Gasteiger partial charge on any atom is 0.173 e. The number of hydrogen-bond acceptors (Lipinski definition) is 5. The van der Waals surface area contributed by atoms with E-state index in [-0.39, 0.29) is 24.9 Å². The van der Waals surface area contributed by atoms with Crippen molar-refractivity contribution in [2.45, 2.75) is 39.8 Å². The number of rotatable bonds is 13. The van der Waals surface area contributed by atoms with Crippen molar-refractivity contribution in [1.82, 2.24) is 0 Å². The molecule has 5 heteroatoms. The van der Waals surface area contributed by atoms with Crippen LogP contribution in [-0.2, 0) is 4.79 Å². The topological polar surface area (TPSA) is 101 Å². The Morgan fingerprint density at radius 2 is 1.93 bits per heavy atom. The fourth-order valence-electron chi connectivity index (χ4n) is 3.08. The standard InChI is InChI=1S/C25H37N3O2/c1-6-11-21(15-20(7-2)19(4)14-18(3)16-29)23(30)25(5,17-26)24(27)28-22-12-9-8-10-13-22/h7-13,15,18,24,28-29H,2,4,6,14,16-17,26-27H2,1,3,5H3/b20-15+,21-11+/t18-,24?,25-/m0/s1. The summed E-state index contributed by atoms with van der Waals surface area (Å²) in [6, 6.07) is 9.50. The van der Waals surface area contributed by atoms with E-state index in [0.717, 1.165) is 16.8 Å². The van der Waals surface area contributed by atoms with Gasteiger partial charge >= 0.3 is 0 Å². The van der Waals surface area contributed by atoms with Crippen LogP contribution in [0.25, 0.3) is 0 Å². The molecule has 1 aromatic carbocycles. The van der Waals surface area contributed by atoms with E-state index in [9.17, 15) is 9.90 Å². The molecule has 1 rings (SSSR count). The molecule has 0 saturated heterocycles. The zero-order chi connectivity index (χ0) is 22.7. The van der Waals surface area contributed by atoms with Gasteiger partial charge in [-0.3, -0.25) is 4.79 Å². The summed E-state index contributed by atoms with van der Waals surface area (Å²) in [6.07, 6.45) is 5.99. The van der Waals surface area contributed by atoms with Crippen LogP contribution in [0.5, 0.6) is 0 Å². The van der Waals surface area contributed by atoms with E-state index in [2.05, 4.69) is 18.5 Å². The van der Waals surface area contributed by atoms with Gasteiger partial charge in [-0.1, -0.05) is 57.4 Å². The van der Waals surface area contributed by atoms with Crippen molar-refractivity contribution in [1.29, 1.82) is 0 Å². The van der Waals surface area contributed by atoms with Gasteiger partial charge in [0, 0.05) is 24.4 Å². The van der Waals surface area contributed by atoms with Crippen molar-refractivity contribution in [3.05, 3.63) is 78.4 Å². The van der Waals surface area contributed by atoms with Gasteiger partial charge in [0.05, 0.1) is 11.6 Å². The van der Waals surface area contributed by atoms with Crippen molar-refractivity contribution in [3.63, 3.8) is 0 Å². The number of nitrogens with one attached hydrogen (secondary N) is 1. The number of Topliss-reactive ketones (excluding diaryl/α,β-unsaturated/α-hetero) is 1. The van der Waals surface area contributed by atoms with Gasteiger partial charge in [-0.05, 0) is 55.0 Å². The molecular formula is C25H37N3O2. The van der Waals surface area contributed by atoms with Gasteiger partial charge in [0.15, 0.2) is 5.78 Å². The lowest BCUT2D eigenvalue weighted by atomic mass is 9.78. The lowest BCUT2D eigenvalue weighted by Gasteiger charge is -2.34. The Hall–Kier alpha value is -2.47. The molecule has 0 bridgehead atoms. The minimum atomic E-state index is -1.01. The van der Waals surface area contributed by atoms with Gasteiger partial charge < -0.3 is 21.9 Å². The molecule has 0 fully saturated rings. The molecule has 0 aromatic heterocycles. The third-order valence-electron chi connectivity index (χ3n) is 5.26. The zero-order valence-corrected chi connectivity index (χ0v) is 18.5. The van der Waals surface area contributed by atoms with E-state index in [4.69, 9.17) is 11.5 Å². The number of aliphatic hydroxyl groups is 1. The molecular weight excluding hydrogens is 374 g/mol. The SMILES string of the molecule is C=C/C(=C\C(=C/CC)C(=O)[C@](C)(CN)C(N)Nc1ccccc1)C(=C)C[C@H](C)CO. The smallest absolute Gasteiger partial charge is 0.173 e. The predicted octanol–water partition coefficient (Wildman–Crippen LogP) is 3.94. The van der Waals surface area contributed by atoms with Crippen LogP contribution >= 0.6 is 0 Å². The average Bonchev–Trinajstić information content (AvgIpc) is 2.75. The number of ketones is 1. The molecule has 0 saturated carbocycles. The van der Waals surface area contributed by atoms with Crippen LogP contribution < -0.4 is 16.8 Å². The average molecular weight is 412 g/mol. The summed E-state index contributed by atoms with van der Waals surface area (Å²) in [5.74, 6) is -0.0573. The number of nitrogens with two attached hydrogens (primary N) is 2. The fourth-order valence-corrected chi connectivity index (χ4v) is 3.08. The van der Waals surface area contributed by atoms with Crippen molar-refractivity contribution < 1.29 is 9.90 Å². The Morgan fingerprint density at radius 3 is 2.43 bits per heavy atom. The van der Waals surface area contributed by atoms with E-state index in [1.54, 1.807) is 19.1 Å². The van der Waals surface area contributed by atoms with Crippen LogP contribution in [0.1, 0.15) is 33.6 Å². The second kappa shape index (κ2) is 12.3. The van der Waals surface area contributed by atoms with Gasteiger partial charge in [-0.25, -0.2) is 0 Å². The molecule has 0 heterocycles. The highest BCUT2D eigenvalue weighted by atomic mass is 16.3. The molecule has 0 radical (unpaired) electrons. The first kappa shape index (κ1) is 25.6. The number of aliphatic hydroxyl groups excluding tert-OH is 1. The van der Waals surface area contributed by atoms with Crippen LogP contribution in [0.3, 0.4) is 0 Å². The molecule has 3 atom stereocenters. The van der Waals surface area contributed by atoms with E-state index in [1.165, 1.54) is 0 Å². The third kappa shape index (κ3) is 6.80. The molecule has 0 aliphatic carbocycles. The number of hydrogen-bond donors (Lipinski definition) is 4.